The average molecular weight is 206 g/mol. The molecule has 1 heterocycles. The smallest absolute Gasteiger partial charge is 0.311 e. The Balaban J connectivity index is 2.46. The molecule has 2 atom stereocenters. The summed E-state index contributed by atoms with van der Waals surface area (Å²) >= 11 is 0. The predicted octanol–water partition coefficient (Wildman–Crippen LogP) is 2.33. The topological polar surface area (TPSA) is 46.5 Å². The molecule has 80 valence electrons. The lowest BCUT2D eigenvalue weighted by atomic mass is 9.90. The molecule has 2 rings (SSSR count). The zero-order chi connectivity index (χ0) is 11.0. The van der Waals surface area contributed by atoms with Crippen molar-refractivity contribution in [2.24, 2.45) is 0 Å². The van der Waals surface area contributed by atoms with E-state index in [0.717, 1.165) is 16.9 Å². The number of hydrogen-bond acceptors (Lipinski definition) is 2. The molecule has 15 heavy (non-hydrogen) atoms. The number of benzene rings is 1. The summed E-state index contributed by atoms with van der Waals surface area (Å²) in [6.45, 7) is 3.87. The summed E-state index contributed by atoms with van der Waals surface area (Å²) < 4.78 is 5.63. The third kappa shape index (κ3) is 1.82. The molecule has 1 aliphatic heterocycles. The van der Waals surface area contributed by atoms with Gasteiger partial charge in [-0.2, -0.15) is 0 Å². The molecule has 2 unspecified atom stereocenters. The predicted molar refractivity (Wildman–Crippen MR) is 56.3 cm³/mol. The first-order valence-corrected chi connectivity index (χ1v) is 5.08. The van der Waals surface area contributed by atoms with Crippen molar-refractivity contribution in [3.8, 4) is 5.75 Å². The zero-order valence-electron chi connectivity index (χ0n) is 8.86. The maximum atomic E-state index is 11.1. The lowest BCUT2D eigenvalue weighted by Gasteiger charge is -2.28. The first kappa shape index (κ1) is 10.0. The average Bonchev–Trinajstić information content (AvgIpc) is 2.15. The molecule has 0 bridgehead atoms. The molecule has 1 aliphatic rings. The fourth-order valence-electron chi connectivity index (χ4n) is 1.99. The number of rotatable bonds is 1. The van der Waals surface area contributed by atoms with Crippen molar-refractivity contribution < 1.29 is 14.6 Å². The molecule has 3 heteroatoms. The fourth-order valence-corrected chi connectivity index (χ4v) is 1.99. The van der Waals surface area contributed by atoms with Crippen molar-refractivity contribution in [2.75, 3.05) is 0 Å². The highest BCUT2D eigenvalue weighted by Gasteiger charge is 2.30. The number of carbonyl (C=O) groups is 1. The fraction of sp³-hybridized carbons (Fsp3) is 0.417. The maximum Gasteiger partial charge on any atom is 0.311 e. The van der Waals surface area contributed by atoms with Gasteiger partial charge in [-0.05, 0) is 25.5 Å². The summed E-state index contributed by atoms with van der Waals surface area (Å²) in [4.78, 5) is 11.1. The van der Waals surface area contributed by atoms with Crippen molar-refractivity contribution in [3.05, 3.63) is 29.3 Å². The standard InChI is InChI=1S/C12H14O3/c1-7-3-4-9-10(12(13)14)6-8(2)15-11(9)5-7/h3-5,8,10H,6H2,1-2H3,(H,13,14). The lowest BCUT2D eigenvalue weighted by molar-refractivity contribution is -0.139. The molecule has 0 saturated heterocycles. The van der Waals surface area contributed by atoms with E-state index in [1.165, 1.54) is 0 Å². The monoisotopic (exact) mass is 206 g/mol. The number of aryl methyl sites for hydroxylation is 1. The number of fused-ring (bicyclic) bond motifs is 1. The van der Waals surface area contributed by atoms with Crippen LogP contribution in [0.2, 0.25) is 0 Å². The molecular weight excluding hydrogens is 192 g/mol. The Bertz CT molecular complexity index is 398. The van der Waals surface area contributed by atoms with Crippen LogP contribution in [0.3, 0.4) is 0 Å². The van der Waals surface area contributed by atoms with Gasteiger partial charge in [0, 0.05) is 12.0 Å². The summed E-state index contributed by atoms with van der Waals surface area (Å²) in [5.41, 5.74) is 1.89. The molecular formula is C12H14O3. The highest BCUT2D eigenvalue weighted by molar-refractivity contribution is 5.77. The summed E-state index contributed by atoms with van der Waals surface area (Å²) in [6.07, 6.45) is 0.520. The minimum atomic E-state index is -0.768. The van der Waals surface area contributed by atoms with Gasteiger partial charge in [-0.25, -0.2) is 0 Å². The van der Waals surface area contributed by atoms with E-state index in [1.807, 2.05) is 32.0 Å². The van der Waals surface area contributed by atoms with Gasteiger partial charge in [-0.1, -0.05) is 12.1 Å². The van der Waals surface area contributed by atoms with Crippen LogP contribution in [0, 0.1) is 6.92 Å². The van der Waals surface area contributed by atoms with E-state index in [9.17, 15) is 4.79 Å². The summed E-state index contributed by atoms with van der Waals surface area (Å²) in [6, 6.07) is 5.68. The molecule has 1 aromatic carbocycles. The van der Waals surface area contributed by atoms with Gasteiger partial charge in [0.05, 0.1) is 12.0 Å². The Hall–Kier alpha value is -1.51. The van der Waals surface area contributed by atoms with Gasteiger partial charge in [0.2, 0.25) is 0 Å². The number of hydrogen-bond donors (Lipinski definition) is 1. The second-order valence-electron chi connectivity index (χ2n) is 4.10. The van der Waals surface area contributed by atoms with Crippen LogP contribution < -0.4 is 4.74 Å². The molecule has 0 spiro atoms. The first-order chi connectivity index (χ1) is 7.08. The van der Waals surface area contributed by atoms with E-state index >= 15 is 0 Å². The molecule has 0 amide bonds. The van der Waals surface area contributed by atoms with Gasteiger partial charge in [0.1, 0.15) is 5.75 Å². The molecule has 3 nitrogen and oxygen atoms in total. The van der Waals surface area contributed by atoms with Gasteiger partial charge >= 0.3 is 5.97 Å². The van der Waals surface area contributed by atoms with Crippen LogP contribution >= 0.6 is 0 Å². The molecule has 0 radical (unpaired) electrons. The van der Waals surface area contributed by atoms with Crippen LogP contribution in [0.4, 0.5) is 0 Å². The van der Waals surface area contributed by atoms with Crippen molar-refractivity contribution >= 4 is 5.97 Å². The summed E-state index contributed by atoms with van der Waals surface area (Å²) in [7, 11) is 0. The van der Waals surface area contributed by atoms with Gasteiger partial charge in [0.15, 0.2) is 0 Å². The van der Waals surface area contributed by atoms with E-state index < -0.39 is 11.9 Å². The summed E-state index contributed by atoms with van der Waals surface area (Å²) in [5, 5.41) is 9.12. The number of carboxylic acids is 1. The third-order valence-corrected chi connectivity index (χ3v) is 2.74. The summed E-state index contributed by atoms with van der Waals surface area (Å²) in [5.74, 6) is -0.472. The highest BCUT2D eigenvalue weighted by Crippen LogP contribution is 2.36. The second kappa shape index (κ2) is 3.57. The Morgan fingerprint density at radius 2 is 2.27 bits per heavy atom. The van der Waals surface area contributed by atoms with Crippen LogP contribution in [-0.4, -0.2) is 17.2 Å². The zero-order valence-corrected chi connectivity index (χ0v) is 8.86. The molecule has 0 saturated carbocycles. The van der Waals surface area contributed by atoms with Gasteiger partial charge < -0.3 is 9.84 Å². The first-order valence-electron chi connectivity index (χ1n) is 5.08. The Labute approximate surface area is 88.7 Å². The Kier molecular flexibility index (Phi) is 2.39. The van der Waals surface area contributed by atoms with E-state index in [4.69, 9.17) is 9.84 Å². The molecule has 1 aromatic rings. The third-order valence-electron chi connectivity index (χ3n) is 2.74. The van der Waals surface area contributed by atoms with Crippen LogP contribution in [-0.2, 0) is 4.79 Å². The van der Waals surface area contributed by atoms with E-state index in [1.54, 1.807) is 0 Å². The van der Waals surface area contributed by atoms with Crippen molar-refractivity contribution in [3.63, 3.8) is 0 Å². The van der Waals surface area contributed by atoms with Crippen LogP contribution in [0.15, 0.2) is 18.2 Å². The Morgan fingerprint density at radius 3 is 2.93 bits per heavy atom. The largest absolute Gasteiger partial charge is 0.490 e. The van der Waals surface area contributed by atoms with Crippen molar-refractivity contribution in [1.82, 2.24) is 0 Å². The number of ether oxygens (including phenoxy) is 1. The van der Waals surface area contributed by atoms with E-state index in [-0.39, 0.29) is 6.10 Å². The number of carboxylic acid groups (broad SMARTS) is 1. The van der Waals surface area contributed by atoms with Gasteiger partial charge in [0.25, 0.3) is 0 Å². The van der Waals surface area contributed by atoms with Crippen LogP contribution in [0.5, 0.6) is 5.75 Å². The second-order valence-corrected chi connectivity index (χ2v) is 4.10. The van der Waals surface area contributed by atoms with Gasteiger partial charge in [-0.15, -0.1) is 0 Å². The normalized spacial score (nSPS) is 24.1. The maximum absolute atomic E-state index is 11.1. The molecule has 0 aromatic heterocycles. The van der Waals surface area contributed by atoms with E-state index in [0.29, 0.717) is 6.42 Å². The minimum Gasteiger partial charge on any atom is -0.490 e. The lowest BCUT2D eigenvalue weighted by Crippen LogP contribution is -2.27. The van der Waals surface area contributed by atoms with Crippen molar-refractivity contribution in [2.45, 2.75) is 32.3 Å². The number of aliphatic carboxylic acids is 1. The van der Waals surface area contributed by atoms with Crippen LogP contribution in [0.1, 0.15) is 30.4 Å². The minimum absolute atomic E-state index is 0.0274. The molecule has 1 N–H and O–H groups in total. The quantitative estimate of drug-likeness (QED) is 0.767. The Morgan fingerprint density at radius 1 is 1.53 bits per heavy atom. The van der Waals surface area contributed by atoms with E-state index in [2.05, 4.69) is 0 Å². The highest BCUT2D eigenvalue weighted by atomic mass is 16.5. The van der Waals surface area contributed by atoms with Crippen molar-refractivity contribution in [1.29, 1.82) is 0 Å². The molecule has 0 fully saturated rings. The molecule has 0 aliphatic carbocycles. The SMILES string of the molecule is Cc1ccc2c(c1)OC(C)CC2C(=O)O. The van der Waals surface area contributed by atoms with Gasteiger partial charge in [-0.3, -0.25) is 4.79 Å². The van der Waals surface area contributed by atoms with Crippen LogP contribution in [0.25, 0.3) is 0 Å².